The summed E-state index contributed by atoms with van der Waals surface area (Å²) >= 11 is 0. The van der Waals surface area contributed by atoms with Crippen molar-refractivity contribution in [2.45, 2.75) is 11.8 Å². The van der Waals surface area contributed by atoms with Crippen LogP contribution in [0.2, 0.25) is 0 Å². The second kappa shape index (κ2) is 6.56. The van der Waals surface area contributed by atoms with Gasteiger partial charge in [0.1, 0.15) is 11.6 Å². The summed E-state index contributed by atoms with van der Waals surface area (Å²) < 4.78 is 55.6. The van der Waals surface area contributed by atoms with Gasteiger partial charge >= 0.3 is 10.1 Å². The van der Waals surface area contributed by atoms with Gasteiger partial charge in [0.2, 0.25) is 17.4 Å². The van der Waals surface area contributed by atoms with E-state index in [1.807, 2.05) is 0 Å². The highest BCUT2D eigenvalue weighted by Gasteiger charge is 2.39. The first-order valence-electron chi connectivity index (χ1n) is 7.67. The number of hydrogen-bond acceptors (Lipinski definition) is 6. The average Bonchev–Trinajstić information content (AvgIpc) is 2.80. The molecule has 0 bridgehead atoms. The Morgan fingerprint density at radius 2 is 1.80 bits per heavy atom. The average molecular weight is 364 g/mol. The number of benzene rings is 2. The molecule has 1 atom stereocenters. The van der Waals surface area contributed by atoms with Crippen LogP contribution >= 0.6 is 0 Å². The zero-order valence-corrected chi connectivity index (χ0v) is 13.6. The third-order valence-electron chi connectivity index (χ3n) is 3.35. The van der Waals surface area contributed by atoms with E-state index in [4.69, 9.17) is 16.0 Å². The highest BCUT2D eigenvalue weighted by molar-refractivity contribution is 7.86. The van der Waals surface area contributed by atoms with Gasteiger partial charge in [0.05, 0.1) is 1.37 Å². The summed E-state index contributed by atoms with van der Waals surface area (Å²) in [5.74, 6) is -3.52. The summed E-state index contributed by atoms with van der Waals surface area (Å²) in [4.78, 5) is 12.5. The van der Waals surface area contributed by atoms with Crippen LogP contribution in [0.1, 0.15) is 18.6 Å². The highest BCUT2D eigenvalue weighted by atomic mass is 32.2. The maximum atomic E-state index is 13.1. The number of Topliss-reactive ketones (excluding diaryl/α,β-unsaturated/α-hetero) is 1. The maximum absolute atomic E-state index is 13.1. The van der Waals surface area contributed by atoms with Crippen molar-refractivity contribution in [3.8, 4) is 0 Å². The molecule has 1 heterocycles. The summed E-state index contributed by atoms with van der Waals surface area (Å²) in [5.41, 5.74) is 6.01. The molecule has 8 heteroatoms. The predicted molar refractivity (Wildman–Crippen MR) is 86.6 cm³/mol. The van der Waals surface area contributed by atoms with Crippen LogP contribution in [0.4, 0.5) is 4.39 Å². The summed E-state index contributed by atoms with van der Waals surface area (Å²) in [7, 11) is -4.21. The van der Waals surface area contributed by atoms with Crippen molar-refractivity contribution in [3.05, 3.63) is 83.2 Å². The van der Waals surface area contributed by atoms with Gasteiger partial charge in [-0.05, 0) is 17.7 Å². The molecule has 0 amide bonds. The molecule has 0 spiro atoms. The van der Waals surface area contributed by atoms with E-state index in [0.717, 1.165) is 12.1 Å². The SMILES string of the molecule is [2H][C@]1(c2ccc(F)cc2)OC(N)=C(OS(=O)(=O)Cc2ccccc2)C1=O. The number of ether oxygens (including phenoxy) is 1. The largest absolute Gasteiger partial charge is 0.460 e. The van der Waals surface area contributed by atoms with Gasteiger partial charge in [0, 0.05) is 5.56 Å². The minimum atomic E-state index is -4.21. The van der Waals surface area contributed by atoms with Gasteiger partial charge in [-0.15, -0.1) is 0 Å². The number of rotatable bonds is 5. The number of nitrogens with two attached hydrogens (primary N) is 1. The van der Waals surface area contributed by atoms with E-state index in [-0.39, 0.29) is 5.56 Å². The van der Waals surface area contributed by atoms with Crippen molar-refractivity contribution in [3.63, 3.8) is 0 Å². The summed E-state index contributed by atoms with van der Waals surface area (Å²) in [6, 6.07) is 12.6. The Kier molecular flexibility index (Phi) is 4.10. The second-order valence-electron chi connectivity index (χ2n) is 5.23. The van der Waals surface area contributed by atoms with Crippen molar-refractivity contribution in [2.75, 3.05) is 0 Å². The van der Waals surface area contributed by atoms with E-state index in [9.17, 15) is 17.6 Å². The molecule has 0 aliphatic carbocycles. The number of carbonyl (C=O) groups is 1. The fourth-order valence-corrected chi connectivity index (χ4v) is 3.29. The van der Waals surface area contributed by atoms with Crippen molar-refractivity contribution in [1.82, 2.24) is 0 Å². The molecule has 0 aromatic heterocycles. The normalized spacial score (nSPS) is 21.0. The first kappa shape index (κ1) is 15.6. The van der Waals surface area contributed by atoms with Gasteiger partial charge in [-0.1, -0.05) is 42.5 Å². The van der Waals surface area contributed by atoms with Gasteiger partial charge in [0.15, 0.2) is 6.08 Å². The maximum Gasteiger partial charge on any atom is 0.313 e. The molecule has 3 rings (SSSR count). The van der Waals surface area contributed by atoms with E-state index in [1.54, 1.807) is 30.3 Å². The molecule has 25 heavy (non-hydrogen) atoms. The summed E-state index contributed by atoms with van der Waals surface area (Å²) in [6.07, 6.45) is -2.34. The minimum Gasteiger partial charge on any atom is -0.460 e. The van der Waals surface area contributed by atoms with Crippen LogP contribution in [-0.4, -0.2) is 14.2 Å². The summed E-state index contributed by atoms with van der Waals surface area (Å²) in [5, 5.41) is 0. The van der Waals surface area contributed by atoms with Crippen molar-refractivity contribution >= 4 is 15.9 Å². The van der Waals surface area contributed by atoms with E-state index in [2.05, 4.69) is 0 Å². The lowest BCUT2D eigenvalue weighted by atomic mass is 10.1. The fraction of sp³-hybridized carbons (Fsp3) is 0.118. The molecular weight excluding hydrogens is 349 g/mol. The van der Waals surface area contributed by atoms with Crippen molar-refractivity contribution in [2.24, 2.45) is 5.73 Å². The Hall–Kier alpha value is -2.87. The Labute approximate surface area is 145 Å². The van der Waals surface area contributed by atoms with Crippen LogP contribution in [0.5, 0.6) is 0 Å². The van der Waals surface area contributed by atoms with Gasteiger partial charge in [-0.25, -0.2) is 4.39 Å². The quantitative estimate of drug-likeness (QED) is 0.817. The lowest BCUT2D eigenvalue weighted by molar-refractivity contribution is -0.123. The molecule has 0 fully saturated rings. The molecule has 0 saturated heterocycles. The molecule has 130 valence electrons. The number of carbonyl (C=O) groups excluding carboxylic acids is 1. The third kappa shape index (κ3) is 3.80. The molecule has 2 aromatic carbocycles. The number of halogens is 1. The third-order valence-corrected chi connectivity index (χ3v) is 4.46. The molecular formula is C17H14FNO5S. The zero-order valence-electron chi connectivity index (χ0n) is 13.8. The molecule has 0 saturated carbocycles. The highest BCUT2D eigenvalue weighted by Crippen LogP contribution is 2.32. The Morgan fingerprint density at radius 3 is 2.44 bits per heavy atom. The Balaban J connectivity index is 1.83. The van der Waals surface area contributed by atoms with Gasteiger partial charge in [-0.2, -0.15) is 8.42 Å². The minimum absolute atomic E-state index is 0.00842. The monoisotopic (exact) mass is 364 g/mol. The van der Waals surface area contributed by atoms with Crippen molar-refractivity contribution < 1.29 is 27.9 Å². The van der Waals surface area contributed by atoms with Crippen LogP contribution < -0.4 is 5.73 Å². The van der Waals surface area contributed by atoms with E-state index < -0.39 is 45.2 Å². The molecule has 2 N–H and O–H groups in total. The topological polar surface area (TPSA) is 95.7 Å². The fourth-order valence-electron chi connectivity index (χ4n) is 2.22. The standard InChI is InChI=1S/C17H14FNO5S/c18-13-8-6-12(7-9-13)15-14(20)16(17(19)23-15)24-25(21,22)10-11-4-2-1-3-5-11/h1-9,15H,10,19H2/t15-/m1/s1/i15D. The van der Waals surface area contributed by atoms with Gasteiger partial charge in [-0.3, -0.25) is 4.79 Å². The summed E-state index contributed by atoms with van der Waals surface area (Å²) in [6.45, 7) is 0. The van der Waals surface area contributed by atoms with Gasteiger partial charge in [0.25, 0.3) is 0 Å². The Bertz CT molecular complexity index is 976. The lowest BCUT2D eigenvalue weighted by Gasteiger charge is -2.09. The molecule has 0 radical (unpaired) electrons. The van der Waals surface area contributed by atoms with Crippen LogP contribution in [0.3, 0.4) is 0 Å². The first-order chi connectivity index (χ1) is 12.2. The molecule has 0 unspecified atom stereocenters. The molecule has 2 aromatic rings. The first-order valence-corrected chi connectivity index (χ1v) is 8.75. The van der Waals surface area contributed by atoms with Crippen LogP contribution in [0.15, 0.2) is 66.2 Å². The van der Waals surface area contributed by atoms with Crippen molar-refractivity contribution in [1.29, 1.82) is 0 Å². The second-order valence-corrected chi connectivity index (χ2v) is 6.80. The molecule has 1 aliphatic heterocycles. The molecule has 6 nitrogen and oxygen atoms in total. The van der Waals surface area contributed by atoms with E-state index in [0.29, 0.717) is 5.56 Å². The van der Waals surface area contributed by atoms with Gasteiger partial charge < -0.3 is 14.7 Å². The van der Waals surface area contributed by atoms with E-state index in [1.165, 1.54) is 12.1 Å². The number of ketones is 1. The zero-order chi connectivity index (χ0) is 18.9. The lowest BCUT2D eigenvalue weighted by Crippen LogP contribution is -2.16. The van der Waals surface area contributed by atoms with Crippen LogP contribution in [0, 0.1) is 5.82 Å². The van der Waals surface area contributed by atoms with E-state index >= 15 is 0 Å². The number of hydrogen-bond donors (Lipinski definition) is 1. The molecule has 1 aliphatic rings. The Morgan fingerprint density at radius 1 is 1.16 bits per heavy atom. The van der Waals surface area contributed by atoms with Crippen LogP contribution in [-0.2, 0) is 29.6 Å². The smallest absolute Gasteiger partial charge is 0.313 e. The predicted octanol–water partition coefficient (Wildman–Crippen LogP) is 2.14. The van der Waals surface area contributed by atoms with Crippen LogP contribution in [0.25, 0.3) is 0 Å².